The van der Waals surface area contributed by atoms with Crippen LogP contribution in [0.25, 0.3) is 0 Å². The number of aryl methyl sites for hydroxylation is 1. The van der Waals surface area contributed by atoms with Crippen molar-refractivity contribution in [1.82, 2.24) is 4.90 Å². The molecular formula is C24H25ClN2O3S. The Balaban J connectivity index is 1.63. The predicted molar refractivity (Wildman–Crippen MR) is 123 cm³/mol. The minimum atomic E-state index is -0.218. The predicted octanol–water partition coefficient (Wildman–Crippen LogP) is 5.55. The van der Waals surface area contributed by atoms with E-state index in [9.17, 15) is 4.79 Å². The van der Waals surface area contributed by atoms with Crippen molar-refractivity contribution in [3.8, 4) is 0 Å². The number of halogens is 1. The van der Waals surface area contributed by atoms with E-state index >= 15 is 0 Å². The molecule has 5 nitrogen and oxygen atoms in total. The third kappa shape index (κ3) is 4.17. The van der Waals surface area contributed by atoms with Gasteiger partial charge in [-0.2, -0.15) is 0 Å². The van der Waals surface area contributed by atoms with Crippen molar-refractivity contribution in [1.29, 1.82) is 0 Å². The fourth-order valence-corrected chi connectivity index (χ4v) is 6.17. The summed E-state index contributed by atoms with van der Waals surface area (Å²) in [4.78, 5) is 16.7. The van der Waals surface area contributed by atoms with Crippen molar-refractivity contribution in [2.24, 2.45) is 0 Å². The second-order valence-corrected chi connectivity index (χ2v) is 9.47. The van der Waals surface area contributed by atoms with E-state index in [1.165, 1.54) is 35.1 Å². The van der Waals surface area contributed by atoms with Gasteiger partial charge in [-0.25, -0.2) is 0 Å². The zero-order chi connectivity index (χ0) is 21.2. The Morgan fingerprint density at radius 1 is 1.10 bits per heavy atom. The normalized spacial score (nSPS) is 17.8. The second kappa shape index (κ2) is 9.17. The number of nitrogens with zero attached hydrogens (tertiary/aromatic N) is 1. The number of fused-ring (bicyclic) bond motifs is 1. The molecule has 7 heteroatoms. The van der Waals surface area contributed by atoms with Crippen LogP contribution in [0.3, 0.4) is 0 Å². The van der Waals surface area contributed by atoms with E-state index in [2.05, 4.69) is 16.3 Å². The zero-order valence-corrected chi connectivity index (χ0v) is 18.8. The second-order valence-electron chi connectivity index (χ2n) is 7.96. The van der Waals surface area contributed by atoms with Crippen LogP contribution < -0.4 is 5.32 Å². The molecule has 1 fully saturated rings. The van der Waals surface area contributed by atoms with E-state index in [4.69, 9.17) is 20.8 Å². The summed E-state index contributed by atoms with van der Waals surface area (Å²) in [5, 5.41) is 4.82. The molecule has 3 heterocycles. The first kappa shape index (κ1) is 20.8. The van der Waals surface area contributed by atoms with Crippen LogP contribution >= 0.6 is 22.9 Å². The number of hydrogen-bond acceptors (Lipinski definition) is 5. The van der Waals surface area contributed by atoms with Gasteiger partial charge in [-0.05, 0) is 55.0 Å². The topological polar surface area (TPSA) is 54.7 Å². The first-order valence-electron chi connectivity index (χ1n) is 10.8. The van der Waals surface area contributed by atoms with Crippen LogP contribution in [-0.2, 0) is 17.6 Å². The molecule has 1 atom stereocenters. The Kier molecular flexibility index (Phi) is 6.14. The van der Waals surface area contributed by atoms with Gasteiger partial charge in [-0.3, -0.25) is 9.69 Å². The number of benzene rings is 1. The summed E-state index contributed by atoms with van der Waals surface area (Å²) < 4.78 is 11.0. The lowest BCUT2D eigenvalue weighted by molar-refractivity contribution is 0.0239. The minimum absolute atomic E-state index is 0.0254. The first-order chi connectivity index (χ1) is 15.2. The molecule has 0 radical (unpaired) electrons. The van der Waals surface area contributed by atoms with Crippen LogP contribution in [0.5, 0.6) is 0 Å². The number of carbonyl (C=O) groups is 1. The van der Waals surface area contributed by atoms with Crippen molar-refractivity contribution in [2.45, 2.75) is 31.7 Å². The van der Waals surface area contributed by atoms with Crippen LogP contribution in [0.1, 0.15) is 51.0 Å². The van der Waals surface area contributed by atoms with E-state index < -0.39 is 0 Å². The molecule has 1 aliphatic carbocycles. The molecule has 1 saturated heterocycles. The molecule has 162 valence electrons. The highest BCUT2D eigenvalue weighted by Crippen LogP contribution is 2.46. The van der Waals surface area contributed by atoms with Crippen molar-refractivity contribution >= 4 is 33.8 Å². The Bertz CT molecular complexity index is 1060. The Hall–Kier alpha value is -2.12. The fraction of sp³-hybridized carbons (Fsp3) is 0.375. The lowest BCUT2D eigenvalue weighted by atomic mass is 9.88. The molecule has 2 aromatic heterocycles. The molecule has 1 N–H and O–H groups in total. The molecule has 0 unspecified atom stereocenters. The molecule has 5 rings (SSSR count). The number of hydrogen-bond donors (Lipinski definition) is 1. The number of amides is 1. The molecule has 1 aliphatic heterocycles. The van der Waals surface area contributed by atoms with Gasteiger partial charge in [0.15, 0.2) is 5.76 Å². The average Bonchev–Trinajstić information content (AvgIpc) is 3.45. The summed E-state index contributed by atoms with van der Waals surface area (Å²) in [6.07, 6.45) is 5.97. The zero-order valence-electron chi connectivity index (χ0n) is 17.2. The van der Waals surface area contributed by atoms with E-state index in [1.54, 1.807) is 23.5 Å². The smallest absolute Gasteiger partial charge is 0.291 e. The molecule has 2 aliphatic rings. The van der Waals surface area contributed by atoms with Gasteiger partial charge >= 0.3 is 0 Å². The summed E-state index contributed by atoms with van der Waals surface area (Å²) in [5.41, 5.74) is 3.64. The van der Waals surface area contributed by atoms with Gasteiger partial charge in [0.2, 0.25) is 0 Å². The number of thiophene rings is 1. The maximum atomic E-state index is 12.9. The molecule has 0 bridgehead atoms. The summed E-state index contributed by atoms with van der Waals surface area (Å²) >= 11 is 8.43. The van der Waals surface area contributed by atoms with Crippen molar-refractivity contribution in [3.05, 3.63) is 75.0 Å². The number of furan rings is 1. The highest BCUT2D eigenvalue weighted by molar-refractivity contribution is 7.16. The van der Waals surface area contributed by atoms with Gasteiger partial charge in [0.1, 0.15) is 5.00 Å². The van der Waals surface area contributed by atoms with Crippen molar-refractivity contribution in [3.63, 3.8) is 0 Å². The van der Waals surface area contributed by atoms with Gasteiger partial charge in [-0.15, -0.1) is 11.3 Å². The van der Waals surface area contributed by atoms with Crippen LogP contribution in [0.15, 0.2) is 47.1 Å². The van der Waals surface area contributed by atoms with E-state index in [-0.39, 0.29) is 11.9 Å². The van der Waals surface area contributed by atoms with Gasteiger partial charge in [0.05, 0.1) is 25.5 Å². The highest BCUT2D eigenvalue weighted by Gasteiger charge is 2.34. The van der Waals surface area contributed by atoms with Crippen LogP contribution in [0, 0.1) is 0 Å². The Morgan fingerprint density at radius 3 is 2.68 bits per heavy atom. The van der Waals surface area contributed by atoms with E-state index in [0.717, 1.165) is 41.5 Å². The number of nitrogens with one attached hydrogen (secondary N) is 1. The highest BCUT2D eigenvalue weighted by atomic mass is 35.5. The van der Waals surface area contributed by atoms with Gasteiger partial charge in [0.25, 0.3) is 5.91 Å². The third-order valence-corrected chi connectivity index (χ3v) is 7.64. The largest absolute Gasteiger partial charge is 0.459 e. The first-order valence-corrected chi connectivity index (χ1v) is 12.0. The van der Waals surface area contributed by atoms with Crippen LogP contribution in [0.4, 0.5) is 5.00 Å². The summed E-state index contributed by atoms with van der Waals surface area (Å²) in [6.45, 7) is 3.04. The summed E-state index contributed by atoms with van der Waals surface area (Å²) in [6, 6.07) is 11.4. The SMILES string of the molecule is O=C(Nc1sc2c(c1[C@@H](c1ccccc1Cl)N1CCOCC1)CCCC2)c1ccco1. The lowest BCUT2D eigenvalue weighted by Crippen LogP contribution is -2.40. The molecule has 0 saturated carbocycles. The third-order valence-electron chi connectivity index (χ3n) is 6.07. The minimum Gasteiger partial charge on any atom is -0.459 e. The fourth-order valence-electron chi connectivity index (χ4n) is 4.61. The number of anilines is 1. The Labute approximate surface area is 191 Å². The van der Waals surface area contributed by atoms with E-state index in [0.29, 0.717) is 19.0 Å². The molecular weight excluding hydrogens is 432 g/mol. The maximum absolute atomic E-state index is 12.9. The monoisotopic (exact) mass is 456 g/mol. The van der Waals surface area contributed by atoms with Gasteiger partial charge < -0.3 is 14.5 Å². The van der Waals surface area contributed by atoms with Crippen molar-refractivity contribution in [2.75, 3.05) is 31.6 Å². The molecule has 3 aromatic rings. The standard InChI is InChI=1S/C24H25ClN2O3S/c25-18-8-3-1-6-16(18)22(27-11-14-29-15-12-27)21-17-7-2-4-10-20(17)31-24(21)26-23(28)19-9-5-13-30-19/h1,3,5-6,8-9,13,22H,2,4,7,10-12,14-15H2,(H,26,28)/t22-/m1/s1. The molecule has 31 heavy (non-hydrogen) atoms. The molecule has 1 aromatic carbocycles. The quantitative estimate of drug-likeness (QED) is 0.547. The summed E-state index contributed by atoms with van der Waals surface area (Å²) in [5.74, 6) is 0.0997. The summed E-state index contributed by atoms with van der Waals surface area (Å²) in [7, 11) is 0. The van der Waals surface area contributed by atoms with Crippen LogP contribution in [0.2, 0.25) is 5.02 Å². The number of carbonyl (C=O) groups excluding carboxylic acids is 1. The maximum Gasteiger partial charge on any atom is 0.291 e. The molecule has 0 spiro atoms. The number of morpholine rings is 1. The lowest BCUT2D eigenvalue weighted by Gasteiger charge is -2.36. The van der Waals surface area contributed by atoms with Crippen LogP contribution in [-0.4, -0.2) is 37.1 Å². The number of ether oxygens (including phenoxy) is 1. The van der Waals surface area contributed by atoms with Crippen molar-refractivity contribution < 1.29 is 13.9 Å². The number of rotatable bonds is 5. The van der Waals surface area contributed by atoms with Gasteiger partial charge in [0, 0.05) is 28.6 Å². The molecule has 1 amide bonds. The average molecular weight is 457 g/mol. The Morgan fingerprint density at radius 2 is 1.90 bits per heavy atom. The van der Waals surface area contributed by atoms with E-state index in [1.807, 2.05) is 18.2 Å². The van der Waals surface area contributed by atoms with Gasteiger partial charge in [-0.1, -0.05) is 29.8 Å².